The van der Waals surface area contributed by atoms with E-state index >= 15 is 0 Å². The first-order valence-electron chi connectivity index (χ1n) is 7.58. The molecule has 3 rings (SSSR count). The summed E-state index contributed by atoms with van der Waals surface area (Å²) in [4.78, 5) is 34.9. The lowest BCUT2D eigenvalue weighted by molar-refractivity contribution is -0.385. The van der Waals surface area contributed by atoms with E-state index in [1.807, 2.05) is 0 Å². The van der Waals surface area contributed by atoms with Crippen LogP contribution in [0, 0.1) is 17.0 Å². The topological polar surface area (TPSA) is 114 Å². The van der Waals surface area contributed by atoms with Gasteiger partial charge in [-0.1, -0.05) is 36.1 Å². The number of amides is 1. The largest absolute Gasteiger partial charge is 0.480 e. The Balaban J connectivity index is 1.87. The van der Waals surface area contributed by atoms with Crippen LogP contribution in [-0.2, 0) is 9.59 Å². The summed E-state index contributed by atoms with van der Waals surface area (Å²) in [5.74, 6) is -0.903. The average Bonchev–Trinajstić information content (AvgIpc) is 3.15. The molecule has 2 heterocycles. The highest BCUT2D eigenvalue weighted by atomic mass is 32.2. The maximum absolute atomic E-state index is 12.3. The lowest BCUT2D eigenvalue weighted by atomic mass is 10.1. The number of rotatable bonds is 5. The van der Waals surface area contributed by atoms with Gasteiger partial charge in [-0.25, -0.2) is 0 Å². The van der Waals surface area contributed by atoms with Gasteiger partial charge >= 0.3 is 5.97 Å². The molecule has 1 aliphatic heterocycles. The van der Waals surface area contributed by atoms with Gasteiger partial charge in [0.2, 0.25) is 0 Å². The summed E-state index contributed by atoms with van der Waals surface area (Å²) in [7, 11) is 0. The van der Waals surface area contributed by atoms with Crippen molar-refractivity contribution in [1.29, 1.82) is 0 Å². The fourth-order valence-electron chi connectivity index (χ4n) is 2.45. The number of furan rings is 1. The summed E-state index contributed by atoms with van der Waals surface area (Å²) in [5.41, 5.74) is 1.06. The van der Waals surface area contributed by atoms with Gasteiger partial charge in [0.15, 0.2) is 0 Å². The maximum atomic E-state index is 12.3. The maximum Gasteiger partial charge on any atom is 0.323 e. The summed E-state index contributed by atoms with van der Waals surface area (Å²) >= 11 is 6.02. The molecule has 1 fully saturated rings. The number of nitrogens with zero attached hydrogens (tertiary/aromatic N) is 2. The Kier molecular flexibility index (Phi) is 5.10. The molecule has 0 saturated carbocycles. The van der Waals surface area contributed by atoms with E-state index in [0.29, 0.717) is 22.6 Å². The van der Waals surface area contributed by atoms with Gasteiger partial charge in [-0.05, 0) is 19.1 Å². The van der Waals surface area contributed by atoms with Gasteiger partial charge in [0, 0.05) is 23.3 Å². The highest BCUT2D eigenvalue weighted by Crippen LogP contribution is 2.34. The molecule has 8 nitrogen and oxygen atoms in total. The molecular formula is C17H12N2O6S2. The summed E-state index contributed by atoms with van der Waals surface area (Å²) in [6, 6.07) is 8.01. The SMILES string of the molecule is Cc1ccc(-c2ccc(C=C3SC(=S)N(CC(=O)O)C3=O)o2)cc1[N+](=O)[O-]. The number of thiocarbonyl (C=S) groups is 1. The standard InChI is InChI=1S/C17H12N2O6S2/c1-9-2-3-10(6-12(9)19(23)24)13-5-4-11(25-13)7-14-16(22)18(8-15(20)21)17(26)27-14/h2-7H,8H2,1H3,(H,20,21). The highest BCUT2D eigenvalue weighted by Gasteiger charge is 2.33. The second-order valence-electron chi connectivity index (χ2n) is 5.62. The van der Waals surface area contributed by atoms with E-state index < -0.39 is 23.3 Å². The Morgan fingerprint density at radius 1 is 1.41 bits per heavy atom. The predicted octanol–water partition coefficient (Wildman–Crippen LogP) is 3.45. The molecule has 0 unspecified atom stereocenters. The number of hydrogen-bond donors (Lipinski definition) is 1. The van der Waals surface area contributed by atoms with Crippen molar-refractivity contribution >= 4 is 51.9 Å². The molecule has 1 aliphatic rings. The average molecular weight is 404 g/mol. The Bertz CT molecular complexity index is 1010. The van der Waals surface area contributed by atoms with E-state index in [1.165, 1.54) is 12.1 Å². The molecule has 0 radical (unpaired) electrons. The summed E-state index contributed by atoms with van der Waals surface area (Å²) in [6.45, 7) is 1.15. The second kappa shape index (κ2) is 7.33. The van der Waals surface area contributed by atoms with Crippen molar-refractivity contribution in [3.05, 3.63) is 56.7 Å². The minimum Gasteiger partial charge on any atom is -0.480 e. The van der Waals surface area contributed by atoms with Crippen molar-refractivity contribution in [3.8, 4) is 11.3 Å². The molecule has 0 aliphatic carbocycles. The van der Waals surface area contributed by atoms with Crippen LogP contribution in [0.2, 0.25) is 0 Å². The number of carboxylic acid groups (broad SMARTS) is 1. The van der Waals surface area contributed by atoms with Gasteiger partial charge in [0.05, 0.1) is 9.83 Å². The van der Waals surface area contributed by atoms with Gasteiger partial charge in [0.25, 0.3) is 11.6 Å². The van der Waals surface area contributed by atoms with Crippen LogP contribution < -0.4 is 0 Å². The fraction of sp³-hybridized carbons (Fsp3) is 0.118. The van der Waals surface area contributed by atoms with Crippen LogP contribution in [0.25, 0.3) is 17.4 Å². The van der Waals surface area contributed by atoms with E-state index in [4.69, 9.17) is 21.7 Å². The zero-order valence-electron chi connectivity index (χ0n) is 13.9. The number of carbonyl (C=O) groups excluding carboxylic acids is 1. The summed E-state index contributed by atoms with van der Waals surface area (Å²) < 4.78 is 5.83. The molecule has 138 valence electrons. The molecule has 0 atom stereocenters. The second-order valence-corrected chi connectivity index (χ2v) is 7.30. The molecule has 1 N–H and O–H groups in total. The molecule has 0 bridgehead atoms. The normalized spacial score (nSPS) is 15.6. The van der Waals surface area contributed by atoms with Crippen molar-refractivity contribution in [2.45, 2.75) is 6.92 Å². The molecular weight excluding hydrogens is 392 g/mol. The first kappa shape index (κ1) is 18.8. The van der Waals surface area contributed by atoms with Crippen LogP contribution in [0.15, 0.2) is 39.7 Å². The van der Waals surface area contributed by atoms with Gasteiger partial charge in [0.1, 0.15) is 22.4 Å². The van der Waals surface area contributed by atoms with E-state index in [2.05, 4.69) is 0 Å². The number of hydrogen-bond acceptors (Lipinski definition) is 7. The monoisotopic (exact) mass is 404 g/mol. The van der Waals surface area contributed by atoms with Crippen molar-refractivity contribution in [2.24, 2.45) is 0 Å². The Morgan fingerprint density at radius 2 is 2.15 bits per heavy atom. The molecule has 1 amide bonds. The van der Waals surface area contributed by atoms with Crippen molar-refractivity contribution in [2.75, 3.05) is 6.54 Å². The van der Waals surface area contributed by atoms with Crippen LogP contribution in [0.5, 0.6) is 0 Å². The fourth-order valence-corrected chi connectivity index (χ4v) is 3.68. The first-order chi connectivity index (χ1) is 12.8. The van der Waals surface area contributed by atoms with Crippen LogP contribution in [0.4, 0.5) is 5.69 Å². The molecule has 1 saturated heterocycles. The molecule has 10 heteroatoms. The number of aryl methyl sites for hydroxylation is 1. The molecule has 1 aromatic carbocycles. The number of carbonyl (C=O) groups is 2. The molecule has 0 spiro atoms. The highest BCUT2D eigenvalue weighted by molar-refractivity contribution is 8.26. The lowest BCUT2D eigenvalue weighted by Crippen LogP contribution is -2.33. The quantitative estimate of drug-likeness (QED) is 0.349. The van der Waals surface area contributed by atoms with E-state index in [1.54, 1.807) is 31.2 Å². The number of aliphatic carboxylic acids is 1. The Morgan fingerprint density at radius 3 is 2.81 bits per heavy atom. The van der Waals surface area contributed by atoms with Gasteiger partial charge in [-0.15, -0.1) is 0 Å². The van der Waals surface area contributed by atoms with E-state index in [0.717, 1.165) is 16.7 Å². The number of nitro groups is 1. The zero-order chi connectivity index (χ0) is 19.7. The van der Waals surface area contributed by atoms with E-state index in [9.17, 15) is 19.7 Å². The lowest BCUT2D eigenvalue weighted by Gasteiger charge is -2.09. The van der Waals surface area contributed by atoms with Crippen LogP contribution in [-0.4, -0.2) is 37.7 Å². The number of thioether (sulfide) groups is 1. The molecule has 2 aromatic rings. The molecule has 27 heavy (non-hydrogen) atoms. The Labute approximate surface area is 162 Å². The summed E-state index contributed by atoms with van der Waals surface area (Å²) in [6.07, 6.45) is 1.47. The predicted molar refractivity (Wildman–Crippen MR) is 103 cm³/mol. The van der Waals surface area contributed by atoms with Gasteiger partial charge < -0.3 is 9.52 Å². The minimum atomic E-state index is -1.16. The van der Waals surface area contributed by atoms with Crippen molar-refractivity contribution in [3.63, 3.8) is 0 Å². The van der Waals surface area contributed by atoms with Crippen LogP contribution in [0.1, 0.15) is 11.3 Å². The van der Waals surface area contributed by atoms with Crippen LogP contribution in [0.3, 0.4) is 0 Å². The minimum absolute atomic E-state index is 0.0139. The smallest absolute Gasteiger partial charge is 0.323 e. The third kappa shape index (κ3) is 3.91. The summed E-state index contributed by atoms with van der Waals surface area (Å²) in [5, 5.41) is 19.9. The molecule has 1 aromatic heterocycles. The van der Waals surface area contributed by atoms with Gasteiger partial charge in [-0.2, -0.15) is 0 Å². The Hall–Kier alpha value is -2.98. The number of carboxylic acids is 1. The number of benzene rings is 1. The van der Waals surface area contributed by atoms with E-state index in [-0.39, 0.29) is 14.9 Å². The van der Waals surface area contributed by atoms with Gasteiger partial charge in [-0.3, -0.25) is 24.6 Å². The third-order valence-electron chi connectivity index (χ3n) is 3.76. The zero-order valence-corrected chi connectivity index (χ0v) is 15.5. The van der Waals surface area contributed by atoms with Crippen molar-refractivity contribution in [1.82, 2.24) is 4.90 Å². The number of nitro benzene ring substituents is 1. The third-order valence-corrected chi connectivity index (χ3v) is 5.14. The van der Waals surface area contributed by atoms with Crippen molar-refractivity contribution < 1.29 is 24.0 Å². The van der Waals surface area contributed by atoms with Crippen LogP contribution >= 0.6 is 24.0 Å². The first-order valence-corrected chi connectivity index (χ1v) is 8.81.